The third-order valence-corrected chi connectivity index (χ3v) is 3.21. The normalized spacial score (nSPS) is 27.3. The summed E-state index contributed by atoms with van der Waals surface area (Å²) < 4.78 is 2.77. The number of rotatable bonds is 3. The van der Waals surface area contributed by atoms with Crippen LogP contribution in [0.1, 0.15) is 38.1 Å². The minimum absolute atomic E-state index is 0.226. The molecule has 1 aliphatic rings. The number of aromatic amines is 1. The van der Waals surface area contributed by atoms with E-state index in [4.69, 9.17) is 12.2 Å². The fourth-order valence-corrected chi connectivity index (χ4v) is 2.06. The van der Waals surface area contributed by atoms with Crippen molar-refractivity contribution < 1.29 is 0 Å². The molecule has 0 saturated heterocycles. The summed E-state index contributed by atoms with van der Waals surface area (Å²) in [5, 5.41) is 7.16. The molecule has 0 bridgehead atoms. The molecule has 14 heavy (non-hydrogen) atoms. The number of hydrogen-bond donors (Lipinski definition) is 1. The van der Waals surface area contributed by atoms with Gasteiger partial charge in [-0.05, 0) is 31.5 Å². The van der Waals surface area contributed by atoms with E-state index in [2.05, 4.69) is 35.2 Å². The molecule has 3 unspecified atom stereocenters. The van der Waals surface area contributed by atoms with Gasteiger partial charge in [0.1, 0.15) is 5.82 Å². The number of hydrogen-bond acceptors (Lipinski definition) is 2. The lowest BCUT2D eigenvalue weighted by Gasteiger charge is -2.10. The Balaban J connectivity index is 2.41. The van der Waals surface area contributed by atoms with E-state index in [9.17, 15) is 0 Å². The molecule has 1 heterocycles. The number of allylic oxidation sites excluding steroid dienone is 1. The Bertz CT molecular complexity index is 404. The Kier molecular flexibility index (Phi) is 2.31. The van der Waals surface area contributed by atoms with E-state index in [1.165, 1.54) is 6.42 Å². The predicted molar refractivity (Wildman–Crippen MR) is 58.8 cm³/mol. The van der Waals surface area contributed by atoms with E-state index in [-0.39, 0.29) is 6.04 Å². The Morgan fingerprint density at radius 3 is 2.93 bits per heavy atom. The molecule has 3 atom stereocenters. The Morgan fingerprint density at radius 1 is 1.79 bits per heavy atom. The first-order valence-electron chi connectivity index (χ1n) is 4.94. The van der Waals surface area contributed by atoms with Crippen molar-refractivity contribution in [3.05, 3.63) is 23.3 Å². The van der Waals surface area contributed by atoms with Crippen molar-refractivity contribution in [1.82, 2.24) is 14.8 Å². The highest BCUT2D eigenvalue weighted by Gasteiger charge is 2.38. The van der Waals surface area contributed by atoms with E-state index >= 15 is 0 Å². The summed E-state index contributed by atoms with van der Waals surface area (Å²) in [4.78, 5) is 0. The van der Waals surface area contributed by atoms with Gasteiger partial charge in [0.15, 0.2) is 4.77 Å². The van der Waals surface area contributed by atoms with Crippen molar-refractivity contribution in [1.29, 1.82) is 0 Å². The van der Waals surface area contributed by atoms with Crippen molar-refractivity contribution >= 4 is 12.2 Å². The molecule has 1 fully saturated rings. The monoisotopic (exact) mass is 209 g/mol. The van der Waals surface area contributed by atoms with Gasteiger partial charge in [-0.15, -0.1) is 6.58 Å². The zero-order valence-corrected chi connectivity index (χ0v) is 9.34. The summed E-state index contributed by atoms with van der Waals surface area (Å²) in [5.41, 5.74) is 0. The maximum Gasteiger partial charge on any atom is 0.195 e. The molecule has 1 saturated carbocycles. The molecule has 0 aliphatic heterocycles. The van der Waals surface area contributed by atoms with Crippen molar-refractivity contribution in [3.63, 3.8) is 0 Å². The molecule has 1 aliphatic carbocycles. The third kappa shape index (κ3) is 1.43. The SMILES string of the molecule is C=CC(C)n1c(C2CC2C)n[nH]c1=S. The van der Waals surface area contributed by atoms with Crippen LogP contribution in [0.3, 0.4) is 0 Å². The summed E-state index contributed by atoms with van der Waals surface area (Å²) in [6.45, 7) is 8.11. The molecular formula is C10H15N3S. The molecule has 0 amide bonds. The van der Waals surface area contributed by atoms with Gasteiger partial charge in [0, 0.05) is 5.92 Å². The quantitative estimate of drug-likeness (QED) is 0.613. The van der Waals surface area contributed by atoms with Gasteiger partial charge in [-0.25, -0.2) is 0 Å². The van der Waals surface area contributed by atoms with Gasteiger partial charge in [-0.2, -0.15) is 5.10 Å². The maximum atomic E-state index is 5.20. The molecule has 76 valence electrons. The smallest absolute Gasteiger partial charge is 0.195 e. The fraction of sp³-hybridized carbons (Fsp3) is 0.600. The van der Waals surface area contributed by atoms with Gasteiger partial charge in [-0.1, -0.05) is 13.0 Å². The third-order valence-electron chi connectivity index (χ3n) is 2.92. The highest BCUT2D eigenvalue weighted by Crippen LogP contribution is 2.46. The molecule has 1 N–H and O–H groups in total. The predicted octanol–water partition coefficient (Wildman–Crippen LogP) is 2.81. The zero-order valence-electron chi connectivity index (χ0n) is 8.53. The van der Waals surface area contributed by atoms with Gasteiger partial charge in [0.25, 0.3) is 0 Å². The molecule has 3 nitrogen and oxygen atoms in total. The summed E-state index contributed by atoms with van der Waals surface area (Å²) in [6, 6.07) is 0.226. The Labute approximate surface area is 88.8 Å². The highest BCUT2D eigenvalue weighted by atomic mass is 32.1. The number of aromatic nitrogens is 3. The lowest BCUT2D eigenvalue weighted by atomic mass is 10.3. The van der Waals surface area contributed by atoms with E-state index in [0.717, 1.165) is 11.7 Å². The lowest BCUT2D eigenvalue weighted by Crippen LogP contribution is -2.06. The van der Waals surface area contributed by atoms with Crippen LogP contribution in [0.2, 0.25) is 0 Å². The molecule has 4 heteroatoms. The van der Waals surface area contributed by atoms with Gasteiger partial charge < -0.3 is 0 Å². The topological polar surface area (TPSA) is 33.6 Å². The molecular weight excluding hydrogens is 194 g/mol. The van der Waals surface area contributed by atoms with Crippen molar-refractivity contribution in [2.45, 2.75) is 32.2 Å². The van der Waals surface area contributed by atoms with E-state index < -0.39 is 0 Å². The summed E-state index contributed by atoms with van der Waals surface area (Å²) in [5.74, 6) is 2.43. The van der Waals surface area contributed by atoms with Crippen LogP contribution in [0, 0.1) is 10.7 Å². The standard InChI is InChI=1S/C10H15N3S/c1-4-7(3)13-9(8-5-6(8)2)11-12-10(13)14/h4,6-8H,1,5H2,2-3H3,(H,12,14). The summed E-state index contributed by atoms with van der Waals surface area (Å²) >= 11 is 5.20. The average molecular weight is 209 g/mol. The van der Waals surface area contributed by atoms with Gasteiger partial charge >= 0.3 is 0 Å². The molecule has 2 rings (SSSR count). The second-order valence-electron chi connectivity index (χ2n) is 4.05. The number of nitrogens with one attached hydrogen (secondary N) is 1. The molecule has 1 aromatic heterocycles. The van der Waals surface area contributed by atoms with Crippen LogP contribution >= 0.6 is 12.2 Å². The Morgan fingerprint density at radius 2 is 2.43 bits per heavy atom. The minimum Gasteiger partial charge on any atom is -0.297 e. The minimum atomic E-state index is 0.226. The first kappa shape index (κ1) is 9.65. The molecule has 0 aromatic carbocycles. The highest BCUT2D eigenvalue weighted by molar-refractivity contribution is 7.71. The van der Waals surface area contributed by atoms with Crippen LogP contribution in [0.15, 0.2) is 12.7 Å². The van der Waals surface area contributed by atoms with Crippen molar-refractivity contribution in [3.8, 4) is 0 Å². The molecule has 0 spiro atoms. The average Bonchev–Trinajstić information content (AvgIpc) is 2.75. The second kappa shape index (κ2) is 3.35. The van der Waals surface area contributed by atoms with Gasteiger partial charge in [-0.3, -0.25) is 9.67 Å². The number of H-pyrrole nitrogens is 1. The van der Waals surface area contributed by atoms with Crippen molar-refractivity contribution in [2.24, 2.45) is 5.92 Å². The number of nitrogens with zero attached hydrogens (tertiary/aromatic N) is 2. The lowest BCUT2D eigenvalue weighted by molar-refractivity contribution is 0.607. The van der Waals surface area contributed by atoms with E-state index in [1.807, 2.05) is 6.08 Å². The largest absolute Gasteiger partial charge is 0.297 e. The molecule has 0 radical (unpaired) electrons. The molecule has 1 aromatic rings. The maximum absolute atomic E-state index is 5.20. The first-order chi connectivity index (χ1) is 6.65. The van der Waals surface area contributed by atoms with Crippen LogP contribution in [0.4, 0.5) is 0 Å². The van der Waals surface area contributed by atoms with Crippen LogP contribution in [-0.4, -0.2) is 14.8 Å². The Hall–Kier alpha value is -0.900. The van der Waals surface area contributed by atoms with Crippen molar-refractivity contribution in [2.75, 3.05) is 0 Å². The van der Waals surface area contributed by atoms with E-state index in [1.54, 1.807) is 0 Å². The second-order valence-corrected chi connectivity index (χ2v) is 4.44. The van der Waals surface area contributed by atoms with Crippen LogP contribution in [0.25, 0.3) is 0 Å². The fourth-order valence-electron chi connectivity index (χ4n) is 1.76. The summed E-state index contributed by atoms with van der Waals surface area (Å²) in [6.07, 6.45) is 3.12. The van der Waals surface area contributed by atoms with E-state index in [0.29, 0.717) is 10.7 Å². The van der Waals surface area contributed by atoms with Gasteiger partial charge in [0.2, 0.25) is 0 Å². The van der Waals surface area contributed by atoms with Crippen LogP contribution in [-0.2, 0) is 0 Å². The zero-order chi connectivity index (χ0) is 10.3. The van der Waals surface area contributed by atoms with Crippen LogP contribution in [0.5, 0.6) is 0 Å². The first-order valence-corrected chi connectivity index (χ1v) is 5.35. The van der Waals surface area contributed by atoms with Crippen LogP contribution < -0.4 is 0 Å². The summed E-state index contributed by atoms with van der Waals surface area (Å²) in [7, 11) is 0. The van der Waals surface area contributed by atoms with Gasteiger partial charge in [0.05, 0.1) is 6.04 Å².